The summed E-state index contributed by atoms with van der Waals surface area (Å²) in [5.41, 5.74) is 12.5. The molecule has 132 heavy (non-hydrogen) atoms. The van der Waals surface area contributed by atoms with E-state index in [0.29, 0.717) is 22.0 Å². The number of primary amides is 1. The van der Waals surface area contributed by atoms with Crippen molar-refractivity contribution in [2.24, 2.45) is 17.4 Å². The lowest BCUT2D eigenvalue weighted by Gasteiger charge is -2.30. The van der Waals surface area contributed by atoms with Crippen LogP contribution in [0, 0.1) is 5.92 Å². The molecule has 49 heteroatoms. The van der Waals surface area contributed by atoms with Gasteiger partial charge in [0.25, 0.3) is 0 Å². The number of aromatic amines is 1. The van der Waals surface area contributed by atoms with E-state index >= 15 is 0 Å². The molecule has 0 spiro atoms. The van der Waals surface area contributed by atoms with Crippen LogP contribution in [0.3, 0.4) is 0 Å². The van der Waals surface area contributed by atoms with Gasteiger partial charge in [0.1, 0.15) is 84.3 Å². The number of para-hydroxylation sites is 1. The van der Waals surface area contributed by atoms with Crippen LogP contribution in [-0.4, -0.2) is 290 Å². The molecule has 0 radical (unpaired) electrons. The monoisotopic (exact) mass is 1860 g/mol. The third-order valence-corrected chi connectivity index (χ3v) is 20.5. The second kappa shape index (κ2) is 52.9. The Morgan fingerprint density at radius 1 is 0.402 bits per heavy atom. The van der Waals surface area contributed by atoms with E-state index in [4.69, 9.17) is 16.6 Å². The minimum atomic E-state index is -2.17. The molecule has 1 aliphatic heterocycles. The molecule has 1 saturated heterocycles. The van der Waals surface area contributed by atoms with Crippen LogP contribution in [0.2, 0.25) is 0 Å². The number of benzene rings is 3. The molecule has 0 aliphatic carbocycles. The smallest absolute Gasteiger partial charge is 0.326 e. The van der Waals surface area contributed by atoms with Gasteiger partial charge >= 0.3 is 47.8 Å². The van der Waals surface area contributed by atoms with Gasteiger partial charge in [-0.3, -0.25) is 105 Å². The van der Waals surface area contributed by atoms with Gasteiger partial charge in [0, 0.05) is 81.4 Å². The van der Waals surface area contributed by atoms with Crippen LogP contribution in [0.15, 0.2) is 85.1 Å². The number of carbonyl (C=O) groups is 23. The molecular formula is C83H109N17O32. The van der Waals surface area contributed by atoms with E-state index in [-0.39, 0.29) is 55.9 Å². The number of nitrogens with zero attached hydrogens (tertiary/aromatic N) is 1. The van der Waals surface area contributed by atoms with E-state index < -0.39 is 324 Å². The Morgan fingerprint density at radius 3 is 1.32 bits per heavy atom. The number of likely N-dealkylation sites (tertiary alicyclic amines) is 1. The topological polar surface area (TPSA) is 802 Å². The van der Waals surface area contributed by atoms with Crippen LogP contribution in [0.1, 0.15) is 147 Å². The standard InChI is InChI=1S/C83H109N17O32/c1-40(2)32-54(75(123)94-53(83(131)132)24-30-67(112)113)96-78(126)57(35-44-38-86-48-13-8-7-12-46(44)48)99-74(122)51(22-28-65(108)109)91-76(124)55(33-42-10-5-4-6-11-42)97-77(125)56(34-43-15-17-45(101)18-16-43)98-79(127)58(36-68(114)115)89-62(103)39-87-72(120)49(21-27-64(106)107)92-81(129)60-14-9-31-100(60)82(130)52(23-29-66(110)111)93-80(128)59(37-69(116)117)95-70(118)41(3)88-73(121)50(20-25-61(85)102)90-71(119)47(84)19-26-63(104)105/h4-8,10-13,15-18,38,40-41,47,49-60,86,101H,9,14,19-37,39,84H2,1-3H3,(H2,85,102)(H,87,120)(H,88,121)(H,89,103)(H,90,119)(H,91,124)(H,92,129)(H,93,128)(H,94,123)(H,95,118)(H,96,126)(H,97,125)(H,98,127)(H,99,122)(H,104,105)(H,106,107)(H,108,109)(H,110,111)(H,112,113)(H,114,115)(H,116,117)(H,131,132)/t41-,47-,49-,50-,51-,52-,53-,54-,55-,56-,57-,58-,59-,60-/m0/s1. The molecule has 0 saturated carbocycles. The van der Waals surface area contributed by atoms with Crippen molar-refractivity contribution >= 4 is 147 Å². The van der Waals surface area contributed by atoms with Gasteiger partial charge in [-0.05, 0) is 106 Å². The second-order valence-corrected chi connectivity index (χ2v) is 31.4. The number of rotatable bonds is 58. The highest BCUT2D eigenvalue weighted by atomic mass is 16.4. The number of nitrogens with one attached hydrogen (secondary N) is 14. The Balaban J connectivity index is 1.37. The number of aromatic nitrogens is 1. The van der Waals surface area contributed by atoms with Gasteiger partial charge in [-0.15, -0.1) is 0 Å². The van der Waals surface area contributed by atoms with Crippen molar-refractivity contribution in [3.63, 3.8) is 0 Å². The van der Waals surface area contributed by atoms with Crippen LogP contribution >= 0.6 is 0 Å². The number of hydrogen-bond donors (Lipinski definition) is 25. The number of aliphatic carboxylic acids is 8. The fourth-order valence-electron chi connectivity index (χ4n) is 13.6. The first-order valence-corrected chi connectivity index (χ1v) is 41.6. The number of amides is 15. The summed E-state index contributed by atoms with van der Waals surface area (Å²) in [4.78, 5) is 309. The minimum Gasteiger partial charge on any atom is -0.508 e. The number of phenols is 1. The third kappa shape index (κ3) is 37.2. The first-order chi connectivity index (χ1) is 62.2. The fraction of sp³-hybridized carbons (Fsp3) is 0.482. The average molecular weight is 1860 g/mol. The molecule has 0 bridgehead atoms. The molecule has 0 unspecified atom stereocenters. The predicted octanol–water partition coefficient (Wildman–Crippen LogP) is -5.16. The van der Waals surface area contributed by atoms with Crippen molar-refractivity contribution in [2.75, 3.05) is 13.1 Å². The van der Waals surface area contributed by atoms with Crippen LogP contribution in [-0.2, 0) is 130 Å². The number of aromatic hydroxyl groups is 1. The molecule has 3 aromatic carbocycles. The molecule has 2 heterocycles. The van der Waals surface area contributed by atoms with E-state index in [1.54, 1.807) is 56.3 Å². The van der Waals surface area contributed by atoms with Crippen molar-refractivity contribution in [3.8, 4) is 5.75 Å². The quantitative estimate of drug-likeness (QED) is 0.0197. The van der Waals surface area contributed by atoms with Gasteiger partial charge in [-0.2, -0.15) is 0 Å². The molecule has 4 aromatic rings. The average Bonchev–Trinajstić information content (AvgIpc) is 1.68. The molecule has 49 nitrogen and oxygen atoms in total. The normalized spacial score (nSPS) is 15.1. The van der Waals surface area contributed by atoms with Gasteiger partial charge < -0.3 is 136 Å². The lowest BCUT2D eigenvalue weighted by molar-refractivity contribution is -0.145. The number of nitrogens with two attached hydrogens (primary N) is 2. The molecule has 1 fully saturated rings. The summed E-state index contributed by atoms with van der Waals surface area (Å²) in [6, 6.07) is -5.62. The maximum absolute atomic E-state index is 15.0. The Labute approximate surface area is 751 Å². The number of phenolic OH excluding ortho intramolecular Hbond substituents is 1. The van der Waals surface area contributed by atoms with Crippen molar-refractivity contribution in [2.45, 2.75) is 234 Å². The number of carboxylic acids is 8. The lowest BCUT2D eigenvalue weighted by Crippen LogP contribution is -2.61. The van der Waals surface area contributed by atoms with E-state index in [9.17, 15) is 151 Å². The number of hydrogen-bond acceptors (Lipinski definition) is 25. The highest BCUT2D eigenvalue weighted by Crippen LogP contribution is 2.24. The molecule has 14 atom stereocenters. The summed E-state index contributed by atoms with van der Waals surface area (Å²) in [7, 11) is 0. The van der Waals surface area contributed by atoms with E-state index in [1.165, 1.54) is 42.6 Å². The highest BCUT2D eigenvalue weighted by Gasteiger charge is 2.42. The summed E-state index contributed by atoms with van der Waals surface area (Å²) in [6.45, 7) is 2.86. The Kier molecular flexibility index (Phi) is 43.0. The molecule has 1 aliphatic rings. The molecule has 15 amide bonds. The van der Waals surface area contributed by atoms with Gasteiger partial charge in [-0.25, -0.2) is 4.79 Å². The van der Waals surface area contributed by atoms with Crippen LogP contribution < -0.4 is 80.6 Å². The predicted molar refractivity (Wildman–Crippen MR) is 453 cm³/mol. The largest absolute Gasteiger partial charge is 0.508 e. The number of carboxylic acid groups (broad SMARTS) is 8. The summed E-state index contributed by atoms with van der Waals surface area (Å²) in [5.74, 6) is -30.9. The number of H-pyrrole nitrogens is 1. The van der Waals surface area contributed by atoms with Crippen molar-refractivity contribution in [3.05, 3.63) is 102 Å². The Bertz CT molecular complexity index is 4870. The summed E-state index contributed by atoms with van der Waals surface area (Å²) in [6.07, 6.45) is -10.6. The van der Waals surface area contributed by atoms with Crippen molar-refractivity contribution < 1.29 is 156 Å². The number of carbonyl (C=O) groups excluding carboxylic acids is 15. The van der Waals surface area contributed by atoms with Crippen LogP contribution in [0.5, 0.6) is 5.75 Å². The first kappa shape index (κ1) is 107. The zero-order valence-electron chi connectivity index (χ0n) is 71.8. The van der Waals surface area contributed by atoms with Crippen molar-refractivity contribution in [1.82, 2.24) is 79.0 Å². The minimum absolute atomic E-state index is 0.000181. The summed E-state index contributed by atoms with van der Waals surface area (Å²) < 4.78 is 0. The molecule has 718 valence electrons. The summed E-state index contributed by atoms with van der Waals surface area (Å²) >= 11 is 0. The molecule has 27 N–H and O–H groups in total. The van der Waals surface area contributed by atoms with Gasteiger partial charge in [0.05, 0.1) is 25.4 Å². The zero-order valence-corrected chi connectivity index (χ0v) is 71.8. The SMILES string of the molecule is CC(C)C[C@H](NC(=O)[C@H](Cc1c[nH]c2ccccc12)NC(=O)[C@H](CCC(=O)O)NC(=O)[C@H](Cc1ccccc1)NC(=O)[C@H](Cc1ccc(O)cc1)NC(=O)[C@H](CC(=O)O)NC(=O)CNC(=O)[C@H](CCC(=O)O)NC(=O)[C@@H]1CCCN1C(=O)[C@H](CCC(=O)O)NC(=O)[C@H](CC(=O)O)NC(=O)[C@H](C)NC(=O)[C@H](CCC(N)=O)NC(=O)[C@@H](N)CCC(=O)O)C(=O)N[C@@H](CCC(=O)O)C(=O)O. The second-order valence-electron chi connectivity index (χ2n) is 31.4. The first-order valence-electron chi connectivity index (χ1n) is 41.6. The Hall–Kier alpha value is -15.2. The fourth-order valence-corrected chi connectivity index (χ4v) is 13.6. The van der Waals surface area contributed by atoms with Crippen LogP contribution in [0.25, 0.3) is 10.9 Å². The molecular weight excluding hydrogens is 1750 g/mol. The van der Waals surface area contributed by atoms with Crippen LogP contribution in [0.4, 0.5) is 0 Å². The van der Waals surface area contributed by atoms with E-state index in [1.807, 2.05) is 0 Å². The summed E-state index contributed by atoms with van der Waals surface area (Å²) in [5, 5.41) is 118. The number of fused-ring (bicyclic) bond motifs is 1. The maximum Gasteiger partial charge on any atom is 0.326 e. The Morgan fingerprint density at radius 2 is 0.803 bits per heavy atom. The third-order valence-electron chi connectivity index (χ3n) is 20.5. The molecule has 1 aromatic heterocycles. The van der Waals surface area contributed by atoms with Crippen molar-refractivity contribution in [1.29, 1.82) is 0 Å². The van der Waals surface area contributed by atoms with Gasteiger partial charge in [0.15, 0.2) is 0 Å². The maximum atomic E-state index is 15.0. The van der Waals surface area contributed by atoms with E-state index in [2.05, 4.69) is 74.1 Å². The van der Waals surface area contributed by atoms with Gasteiger partial charge in [-0.1, -0.05) is 74.5 Å². The lowest BCUT2D eigenvalue weighted by atomic mass is 9.99. The van der Waals surface area contributed by atoms with Gasteiger partial charge in [0.2, 0.25) is 88.6 Å². The zero-order chi connectivity index (χ0) is 98.3. The highest BCUT2D eigenvalue weighted by molar-refractivity contribution is 6.02. The van der Waals surface area contributed by atoms with E-state index in [0.717, 1.165) is 11.8 Å². The molecule has 5 rings (SSSR count).